The molecule has 27 heavy (non-hydrogen) atoms. The predicted octanol–water partition coefficient (Wildman–Crippen LogP) is 1.04. The van der Waals surface area contributed by atoms with E-state index in [1.165, 1.54) is 0 Å². The molecule has 0 spiro atoms. The number of anilines is 1. The molecule has 8 heteroatoms. The molecule has 131 valence electrons. The van der Waals surface area contributed by atoms with E-state index in [-0.39, 0.29) is 5.95 Å². The molecule has 1 unspecified atom stereocenters. The van der Waals surface area contributed by atoms with Gasteiger partial charge in [0.05, 0.1) is 5.52 Å². The highest BCUT2D eigenvalue weighted by Gasteiger charge is 2.36. The summed E-state index contributed by atoms with van der Waals surface area (Å²) < 4.78 is 3.55. The fourth-order valence-corrected chi connectivity index (χ4v) is 3.24. The quantitative estimate of drug-likeness (QED) is 0.493. The fourth-order valence-electron chi connectivity index (χ4n) is 3.24. The largest absolute Gasteiger partial charge is 0.371 e. The van der Waals surface area contributed by atoms with Crippen molar-refractivity contribution in [2.45, 2.75) is 18.6 Å². The van der Waals surface area contributed by atoms with Crippen LogP contribution in [0.5, 0.6) is 0 Å². The molecule has 0 saturated carbocycles. The lowest BCUT2D eigenvalue weighted by molar-refractivity contribution is 0.0980. The second kappa shape index (κ2) is 5.65. The molecule has 1 aromatic carbocycles. The maximum atomic E-state index is 10.8. The molecule has 0 aliphatic carbocycles. The Morgan fingerprint density at radius 2 is 2.15 bits per heavy atom. The monoisotopic (exact) mass is 356 g/mol. The van der Waals surface area contributed by atoms with Crippen LogP contribution >= 0.6 is 0 Å². The number of rotatable bonds is 1. The van der Waals surface area contributed by atoms with Gasteiger partial charge >= 0.3 is 0 Å². The van der Waals surface area contributed by atoms with Gasteiger partial charge in [-0.2, -0.15) is 10.1 Å². The number of aromatic nitrogens is 6. The van der Waals surface area contributed by atoms with Crippen molar-refractivity contribution < 1.29 is 5.11 Å². The van der Waals surface area contributed by atoms with Gasteiger partial charge in [0.2, 0.25) is 5.95 Å². The van der Waals surface area contributed by atoms with Gasteiger partial charge in [-0.05, 0) is 18.2 Å². The topological polar surface area (TPSA) is 108 Å². The first-order chi connectivity index (χ1) is 13.1. The summed E-state index contributed by atoms with van der Waals surface area (Å²) >= 11 is 0. The van der Waals surface area contributed by atoms with E-state index in [2.05, 4.69) is 38.1 Å². The number of fused-ring (bicyclic) bond motifs is 2. The highest BCUT2D eigenvalue weighted by Crippen LogP contribution is 2.30. The standard InChI is InChI=1S/C19H14N7O/c20-18-22-7-4-16(24-18)26-15-11-13(1-2-14(15)12-23-26)3-5-19(27)6-9-25-10-8-21-17(19)25/h1-2,4,7-8,10-11,27H,6,9H2,(H2,20,22,24). The first kappa shape index (κ1) is 15.5. The van der Waals surface area contributed by atoms with E-state index in [0.717, 1.165) is 16.5 Å². The molecule has 4 heterocycles. The van der Waals surface area contributed by atoms with E-state index >= 15 is 0 Å². The average molecular weight is 356 g/mol. The number of nitrogens with zero attached hydrogens (tertiary/aromatic N) is 6. The van der Waals surface area contributed by atoms with E-state index in [1.54, 1.807) is 23.1 Å². The molecule has 4 aromatic rings. The molecular formula is C19H14N7O. The third-order valence-corrected chi connectivity index (χ3v) is 4.59. The molecule has 5 rings (SSSR count). The highest BCUT2D eigenvalue weighted by atomic mass is 16.3. The molecular weight excluding hydrogens is 342 g/mol. The number of hydrogen-bond donors (Lipinski definition) is 2. The number of nitrogen functional groups attached to an aromatic ring is 1. The molecule has 1 aliphatic rings. The summed E-state index contributed by atoms with van der Waals surface area (Å²) in [5.41, 5.74) is 5.98. The average Bonchev–Trinajstić information content (AvgIpc) is 3.37. The molecule has 0 bridgehead atoms. The summed E-state index contributed by atoms with van der Waals surface area (Å²) in [7, 11) is 0. The zero-order chi connectivity index (χ0) is 18.4. The molecule has 0 amide bonds. The molecule has 8 nitrogen and oxygen atoms in total. The Labute approximate surface area is 154 Å². The van der Waals surface area contributed by atoms with Crippen molar-refractivity contribution in [3.63, 3.8) is 0 Å². The van der Waals surface area contributed by atoms with Crippen LogP contribution in [-0.4, -0.2) is 34.4 Å². The van der Waals surface area contributed by atoms with E-state index in [4.69, 9.17) is 5.73 Å². The molecule has 1 aliphatic heterocycles. The Bertz CT molecular complexity index is 1230. The van der Waals surface area contributed by atoms with Crippen LogP contribution in [0, 0.1) is 18.0 Å². The Morgan fingerprint density at radius 3 is 3.04 bits per heavy atom. The van der Waals surface area contributed by atoms with Crippen molar-refractivity contribution in [3.05, 3.63) is 60.4 Å². The third kappa shape index (κ3) is 2.53. The van der Waals surface area contributed by atoms with Gasteiger partial charge in [0.1, 0.15) is 6.20 Å². The van der Waals surface area contributed by atoms with Crippen LogP contribution in [0.3, 0.4) is 0 Å². The van der Waals surface area contributed by atoms with E-state index in [1.807, 2.05) is 29.0 Å². The first-order valence-electron chi connectivity index (χ1n) is 8.39. The smallest absolute Gasteiger partial charge is 0.221 e. The summed E-state index contributed by atoms with van der Waals surface area (Å²) in [6.07, 6.45) is 8.58. The normalized spacial score (nSPS) is 18.3. The maximum Gasteiger partial charge on any atom is 0.221 e. The van der Waals surface area contributed by atoms with Gasteiger partial charge in [0.15, 0.2) is 17.2 Å². The van der Waals surface area contributed by atoms with E-state index in [9.17, 15) is 5.11 Å². The first-order valence-corrected chi connectivity index (χ1v) is 8.39. The lowest BCUT2D eigenvalue weighted by atomic mass is 10.0. The van der Waals surface area contributed by atoms with Crippen LogP contribution < -0.4 is 5.73 Å². The predicted molar refractivity (Wildman–Crippen MR) is 97.5 cm³/mol. The minimum Gasteiger partial charge on any atom is -0.371 e. The van der Waals surface area contributed by atoms with Crippen LogP contribution in [0.4, 0.5) is 5.95 Å². The van der Waals surface area contributed by atoms with Crippen molar-refractivity contribution in [1.82, 2.24) is 29.3 Å². The van der Waals surface area contributed by atoms with E-state index < -0.39 is 5.60 Å². The summed E-state index contributed by atoms with van der Waals surface area (Å²) in [5.74, 6) is 7.35. The van der Waals surface area contributed by atoms with Crippen molar-refractivity contribution in [3.8, 4) is 17.7 Å². The van der Waals surface area contributed by atoms with Crippen LogP contribution in [-0.2, 0) is 12.1 Å². The van der Waals surface area contributed by atoms with Gasteiger partial charge in [0, 0.05) is 48.6 Å². The Kier molecular flexibility index (Phi) is 3.26. The van der Waals surface area contributed by atoms with Crippen LogP contribution in [0.25, 0.3) is 16.7 Å². The molecule has 1 radical (unpaired) electrons. The summed E-state index contributed by atoms with van der Waals surface area (Å²) in [6.45, 7) is 0.705. The minimum absolute atomic E-state index is 0.172. The highest BCUT2D eigenvalue weighted by molar-refractivity contribution is 5.81. The fraction of sp³-hybridized carbons (Fsp3) is 0.158. The lowest BCUT2D eigenvalue weighted by Gasteiger charge is -2.12. The Balaban J connectivity index is 1.56. The molecule has 1 atom stereocenters. The number of aliphatic hydroxyl groups is 1. The van der Waals surface area contributed by atoms with Gasteiger partial charge in [-0.1, -0.05) is 11.8 Å². The van der Waals surface area contributed by atoms with E-state index in [0.29, 0.717) is 24.6 Å². The summed E-state index contributed by atoms with van der Waals surface area (Å²) in [6, 6.07) is 7.36. The van der Waals surface area contributed by atoms with Gasteiger partial charge in [-0.25, -0.2) is 14.6 Å². The summed E-state index contributed by atoms with van der Waals surface area (Å²) in [5, 5.41) is 15.9. The second-order valence-electron chi connectivity index (χ2n) is 6.33. The molecule has 0 fully saturated rings. The van der Waals surface area contributed by atoms with Crippen molar-refractivity contribution in [2.75, 3.05) is 5.73 Å². The number of benzene rings is 1. The minimum atomic E-state index is -1.23. The Hall–Kier alpha value is -3.70. The number of nitrogens with two attached hydrogens (primary N) is 1. The second-order valence-corrected chi connectivity index (χ2v) is 6.33. The lowest BCUT2D eigenvalue weighted by Crippen LogP contribution is -2.20. The number of hydrogen-bond acceptors (Lipinski definition) is 6. The van der Waals surface area contributed by atoms with Crippen LogP contribution in [0.1, 0.15) is 17.8 Å². The third-order valence-electron chi connectivity index (χ3n) is 4.59. The van der Waals surface area contributed by atoms with Crippen LogP contribution in [0.15, 0.2) is 42.9 Å². The maximum absolute atomic E-state index is 10.8. The zero-order valence-corrected chi connectivity index (χ0v) is 14.2. The number of aryl methyl sites for hydroxylation is 1. The van der Waals surface area contributed by atoms with Gasteiger partial charge in [0.25, 0.3) is 0 Å². The zero-order valence-electron chi connectivity index (χ0n) is 14.2. The molecule has 0 saturated heterocycles. The van der Waals surface area contributed by atoms with Crippen molar-refractivity contribution in [1.29, 1.82) is 0 Å². The van der Waals surface area contributed by atoms with Gasteiger partial charge in [-0.3, -0.25) is 0 Å². The number of imidazole rings is 1. The van der Waals surface area contributed by atoms with Crippen molar-refractivity contribution in [2.24, 2.45) is 0 Å². The SMILES string of the molecule is Nc1nccc(-n2n[c]c3ccc(C#CC4(O)CCn5ccnc54)cc32)n1. The van der Waals surface area contributed by atoms with Gasteiger partial charge in [-0.15, -0.1) is 0 Å². The van der Waals surface area contributed by atoms with Gasteiger partial charge < -0.3 is 15.4 Å². The summed E-state index contributed by atoms with van der Waals surface area (Å²) in [4.78, 5) is 12.3. The Morgan fingerprint density at radius 1 is 1.22 bits per heavy atom. The molecule has 3 aromatic heterocycles. The van der Waals surface area contributed by atoms with Crippen molar-refractivity contribution >= 4 is 16.9 Å². The molecule has 3 N–H and O–H groups in total. The van der Waals surface area contributed by atoms with Crippen LogP contribution in [0.2, 0.25) is 0 Å².